The highest BCUT2D eigenvalue weighted by molar-refractivity contribution is 6.35. The molecule has 14 heteroatoms. The van der Waals surface area contributed by atoms with E-state index in [0.29, 0.717) is 19.0 Å². The van der Waals surface area contributed by atoms with Gasteiger partial charge in [0.2, 0.25) is 5.91 Å². The first-order chi connectivity index (χ1) is 16.1. The van der Waals surface area contributed by atoms with Crippen LogP contribution in [0.25, 0.3) is 0 Å². The van der Waals surface area contributed by atoms with Crippen molar-refractivity contribution in [3.63, 3.8) is 0 Å². The monoisotopic (exact) mass is 510 g/mol. The fourth-order valence-corrected chi connectivity index (χ4v) is 3.56. The Morgan fingerprint density at radius 2 is 1.97 bits per heavy atom. The second-order valence-electron chi connectivity index (χ2n) is 7.15. The minimum absolute atomic E-state index is 0.0572. The molecule has 0 saturated heterocycles. The van der Waals surface area contributed by atoms with Crippen molar-refractivity contribution in [3.05, 3.63) is 55.9 Å². The number of H-pyrrole nitrogens is 1. The van der Waals surface area contributed by atoms with Crippen molar-refractivity contribution in [2.45, 2.75) is 12.5 Å². The number of aliphatic imine (C=N–C) groups is 1. The summed E-state index contributed by atoms with van der Waals surface area (Å²) in [6.45, 7) is 0.634. The number of hydrogen-bond donors (Lipinski definition) is 7. The van der Waals surface area contributed by atoms with E-state index >= 15 is 0 Å². The van der Waals surface area contributed by atoms with E-state index in [2.05, 4.69) is 31.2 Å². The molecule has 7 N–H and O–H groups in total. The van der Waals surface area contributed by atoms with E-state index in [4.69, 9.17) is 23.2 Å². The Morgan fingerprint density at radius 3 is 2.65 bits per heavy atom. The molecule has 0 unspecified atom stereocenters. The van der Waals surface area contributed by atoms with Gasteiger partial charge < -0.3 is 36.5 Å². The van der Waals surface area contributed by atoms with Gasteiger partial charge in [0, 0.05) is 24.2 Å². The molecular weight excluding hydrogens is 491 g/mol. The summed E-state index contributed by atoms with van der Waals surface area (Å²) in [5, 5.41) is 29.9. The number of aromatic amines is 1. The van der Waals surface area contributed by atoms with Gasteiger partial charge >= 0.3 is 5.97 Å². The van der Waals surface area contributed by atoms with Crippen LogP contribution in [0.1, 0.15) is 15.9 Å². The summed E-state index contributed by atoms with van der Waals surface area (Å²) >= 11 is 11.7. The Balaban J connectivity index is 1.60. The van der Waals surface area contributed by atoms with E-state index in [1.807, 2.05) is 0 Å². The summed E-state index contributed by atoms with van der Waals surface area (Å²) in [7, 11) is 0. The van der Waals surface area contributed by atoms with Gasteiger partial charge in [-0.2, -0.15) is 0 Å². The zero-order valence-electron chi connectivity index (χ0n) is 17.4. The number of hydrogen-bond acceptors (Lipinski definition) is 8. The molecule has 3 rings (SSSR count). The van der Waals surface area contributed by atoms with Crippen LogP contribution in [0, 0.1) is 0 Å². The standard InChI is InChI=1S/C20H20Cl2N6O6/c21-11-3-9(16(30)12(22)6-11)4-14(19(33)34)27-15(29)8-26-17(31)10-5-13(18(32)25-7-10)28-20-23-1-2-24-20/h3,5-7,14,30H,1-2,4,8H2,(H,25,32)(H,26,31)(H,27,29)(H,33,34)(H2,23,24,28)/t14-/m0/s1. The Morgan fingerprint density at radius 1 is 1.21 bits per heavy atom. The van der Waals surface area contributed by atoms with E-state index in [1.54, 1.807) is 0 Å². The molecular formula is C20H20Cl2N6O6. The fraction of sp³-hybridized carbons (Fsp3) is 0.250. The Labute approximate surface area is 202 Å². The van der Waals surface area contributed by atoms with Crippen molar-refractivity contribution in [3.8, 4) is 5.75 Å². The van der Waals surface area contributed by atoms with Gasteiger partial charge in [-0.1, -0.05) is 23.2 Å². The maximum absolute atomic E-state index is 12.4. The molecule has 180 valence electrons. The van der Waals surface area contributed by atoms with Crippen molar-refractivity contribution in [1.82, 2.24) is 20.9 Å². The van der Waals surface area contributed by atoms with Crippen molar-refractivity contribution in [2.24, 2.45) is 4.99 Å². The van der Waals surface area contributed by atoms with Crippen LogP contribution in [0.4, 0.5) is 5.69 Å². The molecule has 1 aromatic heterocycles. The molecule has 1 aromatic carbocycles. The highest BCUT2D eigenvalue weighted by atomic mass is 35.5. The molecule has 12 nitrogen and oxygen atoms in total. The van der Waals surface area contributed by atoms with Gasteiger partial charge in [0.15, 0.2) is 5.96 Å². The second-order valence-corrected chi connectivity index (χ2v) is 8.00. The van der Waals surface area contributed by atoms with Gasteiger partial charge in [0.05, 0.1) is 23.7 Å². The number of amides is 2. The SMILES string of the molecule is O=C(CNC(=O)c1c[nH]c(=O)c(NC2=NCCN2)c1)N[C@@H](Cc1cc(Cl)cc(Cl)c1O)C(=O)O. The largest absolute Gasteiger partial charge is 0.506 e. The summed E-state index contributed by atoms with van der Waals surface area (Å²) in [5.41, 5.74) is -0.207. The van der Waals surface area contributed by atoms with E-state index in [1.165, 1.54) is 24.4 Å². The summed E-state index contributed by atoms with van der Waals surface area (Å²) in [5.74, 6) is -2.78. The van der Waals surface area contributed by atoms with Crippen LogP contribution in [0.15, 0.2) is 34.2 Å². The Kier molecular flexibility index (Phi) is 7.97. The second kappa shape index (κ2) is 10.9. The molecule has 0 aliphatic carbocycles. The van der Waals surface area contributed by atoms with E-state index in [0.717, 1.165) is 0 Å². The lowest BCUT2D eigenvalue weighted by atomic mass is 10.0. The zero-order valence-corrected chi connectivity index (χ0v) is 19.0. The predicted molar refractivity (Wildman–Crippen MR) is 125 cm³/mol. The number of aromatic nitrogens is 1. The van der Waals surface area contributed by atoms with E-state index < -0.39 is 35.9 Å². The van der Waals surface area contributed by atoms with Crippen molar-refractivity contribution in [2.75, 3.05) is 25.0 Å². The number of anilines is 1. The van der Waals surface area contributed by atoms with Crippen LogP contribution in [-0.2, 0) is 16.0 Å². The summed E-state index contributed by atoms with van der Waals surface area (Å²) < 4.78 is 0. The maximum atomic E-state index is 12.4. The first-order valence-corrected chi connectivity index (χ1v) is 10.6. The number of nitrogens with one attached hydrogen (secondary N) is 5. The molecule has 1 aliphatic heterocycles. The number of carbonyl (C=O) groups excluding carboxylic acids is 2. The van der Waals surface area contributed by atoms with Crippen LogP contribution < -0.4 is 26.8 Å². The lowest BCUT2D eigenvalue weighted by molar-refractivity contribution is -0.141. The summed E-state index contributed by atoms with van der Waals surface area (Å²) in [6.07, 6.45) is 0.879. The van der Waals surface area contributed by atoms with E-state index in [9.17, 15) is 29.4 Å². The number of nitrogens with zero attached hydrogens (tertiary/aromatic N) is 1. The first-order valence-electron chi connectivity index (χ1n) is 9.89. The number of aliphatic carboxylic acids is 1. The topological polar surface area (TPSA) is 185 Å². The number of halogens is 2. The van der Waals surface area contributed by atoms with Crippen molar-refractivity contribution >= 4 is 52.6 Å². The number of rotatable bonds is 8. The molecule has 2 amide bonds. The quantitative estimate of drug-likeness (QED) is 0.264. The first kappa shape index (κ1) is 24.9. The number of aromatic hydroxyl groups is 1. The summed E-state index contributed by atoms with van der Waals surface area (Å²) in [6, 6.07) is 2.50. The van der Waals surface area contributed by atoms with Gasteiger partial charge in [-0.25, -0.2) is 4.79 Å². The molecule has 1 aliphatic rings. The van der Waals surface area contributed by atoms with Gasteiger partial charge in [-0.15, -0.1) is 0 Å². The van der Waals surface area contributed by atoms with Crippen LogP contribution in [0.5, 0.6) is 5.75 Å². The van der Waals surface area contributed by atoms with Crippen LogP contribution >= 0.6 is 23.2 Å². The minimum atomic E-state index is -1.42. The van der Waals surface area contributed by atoms with Crippen LogP contribution in [-0.4, -0.2) is 64.6 Å². The van der Waals surface area contributed by atoms with Gasteiger partial charge in [0.1, 0.15) is 17.5 Å². The number of pyridine rings is 1. The highest BCUT2D eigenvalue weighted by Crippen LogP contribution is 2.31. The molecule has 0 spiro atoms. The average Bonchev–Trinajstić information content (AvgIpc) is 3.29. The number of carbonyl (C=O) groups is 3. The minimum Gasteiger partial charge on any atom is -0.506 e. The average molecular weight is 511 g/mol. The third-order valence-electron chi connectivity index (χ3n) is 4.67. The molecule has 0 radical (unpaired) electrons. The van der Waals surface area contributed by atoms with Gasteiger partial charge in [0.25, 0.3) is 11.5 Å². The molecule has 0 bridgehead atoms. The molecule has 1 atom stereocenters. The zero-order chi connectivity index (χ0) is 24.8. The number of benzene rings is 1. The number of guanidine groups is 1. The van der Waals surface area contributed by atoms with Crippen LogP contribution in [0.3, 0.4) is 0 Å². The number of phenolic OH excluding ortho intramolecular Hbond substituents is 1. The van der Waals surface area contributed by atoms with Crippen LogP contribution in [0.2, 0.25) is 10.0 Å². The normalized spacial score (nSPS) is 13.4. The lowest BCUT2D eigenvalue weighted by Crippen LogP contribution is -2.46. The summed E-state index contributed by atoms with van der Waals surface area (Å²) in [4.78, 5) is 54.7. The number of phenols is 1. The Hall–Kier alpha value is -3.77. The Bertz CT molecular complexity index is 1210. The highest BCUT2D eigenvalue weighted by Gasteiger charge is 2.23. The maximum Gasteiger partial charge on any atom is 0.326 e. The number of carboxylic acid groups (broad SMARTS) is 1. The number of carboxylic acids is 1. The van der Waals surface area contributed by atoms with E-state index in [-0.39, 0.29) is 39.0 Å². The third kappa shape index (κ3) is 6.39. The fourth-order valence-electron chi connectivity index (χ4n) is 3.02. The van der Waals surface area contributed by atoms with Gasteiger partial charge in [-0.05, 0) is 23.8 Å². The molecule has 0 saturated carbocycles. The third-order valence-corrected chi connectivity index (χ3v) is 5.17. The smallest absolute Gasteiger partial charge is 0.326 e. The molecule has 2 heterocycles. The molecule has 34 heavy (non-hydrogen) atoms. The lowest BCUT2D eigenvalue weighted by Gasteiger charge is -2.16. The van der Waals surface area contributed by atoms with Gasteiger partial charge in [-0.3, -0.25) is 19.4 Å². The van der Waals surface area contributed by atoms with Crippen molar-refractivity contribution in [1.29, 1.82) is 0 Å². The van der Waals surface area contributed by atoms with Crippen molar-refractivity contribution < 1.29 is 24.6 Å². The molecule has 2 aromatic rings. The molecule has 0 fully saturated rings. The predicted octanol–water partition coefficient (Wildman–Crippen LogP) is 0.300.